The predicted octanol–water partition coefficient (Wildman–Crippen LogP) is -0.489. The van der Waals surface area contributed by atoms with Crippen LogP contribution in [0.5, 0.6) is 0 Å². The van der Waals surface area contributed by atoms with Crippen molar-refractivity contribution in [1.29, 1.82) is 0 Å². The summed E-state index contributed by atoms with van der Waals surface area (Å²) in [6, 6.07) is 7.66. The van der Waals surface area contributed by atoms with E-state index < -0.39 is 0 Å². The molecule has 1 aromatic carbocycles. The van der Waals surface area contributed by atoms with E-state index in [1.807, 2.05) is 31.2 Å². The first kappa shape index (κ1) is 14.6. The number of aromatic nitrogens is 4. The normalized spacial score (nSPS) is 10.2. The molecule has 2 amide bonds. The van der Waals surface area contributed by atoms with Crippen molar-refractivity contribution in [2.45, 2.75) is 13.5 Å². The first-order valence-corrected chi connectivity index (χ1v) is 6.41. The molecule has 8 nitrogen and oxygen atoms in total. The van der Waals surface area contributed by atoms with Gasteiger partial charge in [-0.3, -0.25) is 9.59 Å². The lowest BCUT2D eigenvalue weighted by atomic mass is 10.1. The summed E-state index contributed by atoms with van der Waals surface area (Å²) in [6.07, 6.45) is 0. The Labute approximate surface area is 121 Å². The van der Waals surface area contributed by atoms with Crippen LogP contribution in [-0.2, 0) is 16.1 Å². The number of carbonyl (C=O) groups excluding carboxylic acids is 2. The van der Waals surface area contributed by atoms with E-state index in [-0.39, 0.29) is 24.9 Å². The zero-order valence-corrected chi connectivity index (χ0v) is 11.8. The predicted molar refractivity (Wildman–Crippen MR) is 75.1 cm³/mol. The summed E-state index contributed by atoms with van der Waals surface area (Å²) in [5.74, 6) is -0.157. The van der Waals surface area contributed by atoms with Crippen LogP contribution in [0.25, 0.3) is 11.4 Å². The number of hydrogen-bond acceptors (Lipinski definition) is 5. The van der Waals surface area contributed by atoms with Gasteiger partial charge in [0.05, 0.1) is 6.54 Å². The van der Waals surface area contributed by atoms with Crippen LogP contribution in [0.3, 0.4) is 0 Å². The summed E-state index contributed by atoms with van der Waals surface area (Å²) < 4.78 is 0. The fourth-order valence-electron chi connectivity index (χ4n) is 1.69. The molecule has 2 rings (SSSR count). The molecule has 0 unspecified atom stereocenters. The minimum Gasteiger partial charge on any atom is -0.358 e. The Balaban J connectivity index is 1.99. The molecular formula is C13H16N6O2. The Morgan fingerprint density at radius 1 is 1.24 bits per heavy atom. The van der Waals surface area contributed by atoms with E-state index in [1.165, 1.54) is 11.8 Å². The molecule has 0 aliphatic carbocycles. The molecule has 1 aromatic heterocycles. The number of tetrazole rings is 1. The first-order chi connectivity index (χ1) is 10.1. The third kappa shape index (κ3) is 3.85. The van der Waals surface area contributed by atoms with Gasteiger partial charge in [0, 0.05) is 12.6 Å². The fourth-order valence-corrected chi connectivity index (χ4v) is 1.69. The van der Waals surface area contributed by atoms with Crippen LogP contribution in [0.15, 0.2) is 24.3 Å². The van der Waals surface area contributed by atoms with Crippen molar-refractivity contribution >= 4 is 11.8 Å². The van der Waals surface area contributed by atoms with E-state index in [4.69, 9.17) is 0 Å². The van der Waals surface area contributed by atoms with Gasteiger partial charge in [0.1, 0.15) is 6.54 Å². The van der Waals surface area contributed by atoms with E-state index >= 15 is 0 Å². The molecule has 110 valence electrons. The summed E-state index contributed by atoms with van der Waals surface area (Å²) in [4.78, 5) is 23.8. The van der Waals surface area contributed by atoms with E-state index in [9.17, 15) is 9.59 Å². The van der Waals surface area contributed by atoms with Crippen molar-refractivity contribution in [2.75, 3.05) is 13.6 Å². The topological polar surface area (TPSA) is 102 Å². The lowest BCUT2D eigenvalue weighted by Gasteiger charge is -2.03. The van der Waals surface area contributed by atoms with Gasteiger partial charge in [-0.25, -0.2) is 0 Å². The smallest absolute Gasteiger partial charge is 0.244 e. The summed E-state index contributed by atoms with van der Waals surface area (Å²) in [6.45, 7) is 1.79. The van der Waals surface area contributed by atoms with Gasteiger partial charge >= 0.3 is 0 Å². The Hall–Kier alpha value is -2.77. The number of likely N-dealkylation sites (N-methyl/N-ethyl adjacent to an activating group) is 1. The van der Waals surface area contributed by atoms with Crippen LogP contribution in [0.2, 0.25) is 0 Å². The highest BCUT2D eigenvalue weighted by Crippen LogP contribution is 2.17. The highest BCUT2D eigenvalue weighted by Gasteiger charge is 2.11. The average Bonchev–Trinajstić information content (AvgIpc) is 2.93. The molecule has 0 aliphatic heterocycles. The maximum absolute atomic E-state index is 11.6. The van der Waals surface area contributed by atoms with Crippen molar-refractivity contribution in [3.05, 3.63) is 29.8 Å². The van der Waals surface area contributed by atoms with Gasteiger partial charge in [0.25, 0.3) is 0 Å². The van der Waals surface area contributed by atoms with Crippen molar-refractivity contribution < 1.29 is 9.59 Å². The molecule has 0 saturated carbocycles. The van der Waals surface area contributed by atoms with E-state index in [0.717, 1.165) is 11.1 Å². The number of carbonyl (C=O) groups is 2. The lowest BCUT2D eigenvalue weighted by Crippen LogP contribution is -2.37. The molecule has 21 heavy (non-hydrogen) atoms. The zero-order chi connectivity index (χ0) is 15.2. The van der Waals surface area contributed by atoms with E-state index in [2.05, 4.69) is 26.0 Å². The molecule has 0 radical (unpaired) electrons. The minimum atomic E-state index is -0.354. The number of rotatable bonds is 5. The average molecular weight is 288 g/mol. The van der Waals surface area contributed by atoms with Crippen LogP contribution in [0.4, 0.5) is 0 Å². The fraction of sp³-hybridized carbons (Fsp3) is 0.308. The van der Waals surface area contributed by atoms with E-state index in [1.54, 1.807) is 0 Å². The van der Waals surface area contributed by atoms with Gasteiger partial charge in [0.15, 0.2) is 0 Å². The summed E-state index contributed by atoms with van der Waals surface area (Å²) >= 11 is 0. The first-order valence-electron chi connectivity index (χ1n) is 6.41. The third-order valence-corrected chi connectivity index (χ3v) is 2.85. The Morgan fingerprint density at radius 2 is 2.00 bits per heavy atom. The molecule has 0 aliphatic rings. The summed E-state index contributed by atoms with van der Waals surface area (Å²) in [7, 11) is 1.50. The Morgan fingerprint density at radius 3 is 2.71 bits per heavy atom. The van der Waals surface area contributed by atoms with Crippen molar-refractivity contribution in [3.63, 3.8) is 0 Å². The second-order valence-corrected chi connectivity index (χ2v) is 4.41. The molecule has 0 atom stereocenters. The van der Waals surface area contributed by atoms with Gasteiger partial charge in [0.2, 0.25) is 17.6 Å². The van der Waals surface area contributed by atoms with Crippen LogP contribution >= 0.6 is 0 Å². The number of aryl methyl sites for hydroxylation is 1. The van der Waals surface area contributed by atoms with Crippen molar-refractivity contribution in [3.8, 4) is 11.4 Å². The summed E-state index contributed by atoms with van der Waals surface area (Å²) in [5.41, 5.74) is 1.90. The Kier molecular flexibility index (Phi) is 4.60. The minimum absolute atomic E-state index is 0.0747. The lowest BCUT2D eigenvalue weighted by molar-refractivity contribution is -0.126. The van der Waals surface area contributed by atoms with Crippen LogP contribution in [0, 0.1) is 6.92 Å². The van der Waals surface area contributed by atoms with Gasteiger partial charge in [-0.15, -0.1) is 10.2 Å². The summed E-state index contributed by atoms with van der Waals surface area (Å²) in [5, 5.41) is 16.8. The number of benzene rings is 1. The monoisotopic (exact) mass is 288 g/mol. The quantitative estimate of drug-likeness (QED) is 0.773. The molecule has 0 fully saturated rings. The maximum Gasteiger partial charge on any atom is 0.244 e. The molecule has 2 aromatic rings. The molecule has 1 heterocycles. The highest BCUT2D eigenvalue weighted by atomic mass is 16.2. The van der Waals surface area contributed by atoms with Gasteiger partial charge in [-0.05, 0) is 17.7 Å². The van der Waals surface area contributed by atoms with Crippen LogP contribution < -0.4 is 10.6 Å². The van der Waals surface area contributed by atoms with E-state index in [0.29, 0.717) is 5.82 Å². The molecule has 0 saturated heterocycles. The molecule has 0 bridgehead atoms. The highest BCUT2D eigenvalue weighted by molar-refractivity contribution is 5.84. The molecule has 8 heteroatoms. The standard InChI is InChI=1S/C13H16N6O2/c1-9-5-3-4-6-10(9)13-16-18-19(17-13)8-12(21)15-7-11(20)14-2/h3-6H,7-8H2,1-2H3,(H,14,20)(H,15,21). The Bertz CT molecular complexity index is 652. The van der Waals surface area contributed by atoms with Gasteiger partial charge in [-0.1, -0.05) is 24.3 Å². The number of hydrogen-bond donors (Lipinski definition) is 2. The second kappa shape index (κ2) is 6.60. The second-order valence-electron chi connectivity index (χ2n) is 4.41. The van der Waals surface area contributed by atoms with Gasteiger partial charge < -0.3 is 10.6 Å². The number of amides is 2. The van der Waals surface area contributed by atoms with Crippen LogP contribution in [-0.4, -0.2) is 45.6 Å². The maximum atomic E-state index is 11.6. The van der Waals surface area contributed by atoms with Crippen molar-refractivity contribution in [1.82, 2.24) is 30.8 Å². The van der Waals surface area contributed by atoms with Crippen molar-refractivity contribution in [2.24, 2.45) is 0 Å². The molecular weight excluding hydrogens is 272 g/mol. The third-order valence-electron chi connectivity index (χ3n) is 2.85. The largest absolute Gasteiger partial charge is 0.358 e. The van der Waals surface area contributed by atoms with Crippen LogP contribution in [0.1, 0.15) is 5.56 Å². The van der Waals surface area contributed by atoms with Gasteiger partial charge in [-0.2, -0.15) is 4.80 Å². The molecule has 0 spiro atoms. The number of nitrogens with zero attached hydrogens (tertiary/aromatic N) is 4. The molecule has 2 N–H and O–H groups in total. The number of nitrogens with one attached hydrogen (secondary N) is 2. The SMILES string of the molecule is CNC(=O)CNC(=O)Cn1nnc(-c2ccccc2C)n1. The zero-order valence-electron chi connectivity index (χ0n) is 11.8.